The number of rotatable bonds is 8. The van der Waals surface area contributed by atoms with E-state index < -0.39 is 0 Å². The first-order chi connectivity index (χ1) is 10.2. The zero-order valence-corrected chi connectivity index (χ0v) is 12.9. The van der Waals surface area contributed by atoms with Crippen molar-refractivity contribution in [2.75, 3.05) is 45.9 Å². The fourth-order valence-electron chi connectivity index (χ4n) is 2.59. The van der Waals surface area contributed by atoms with Gasteiger partial charge in [0.2, 0.25) is 11.8 Å². The van der Waals surface area contributed by atoms with Crippen molar-refractivity contribution in [2.24, 2.45) is 11.8 Å². The molecule has 0 spiro atoms. The summed E-state index contributed by atoms with van der Waals surface area (Å²) in [6.45, 7) is 7.73. The van der Waals surface area contributed by atoms with E-state index in [0.29, 0.717) is 13.0 Å². The van der Waals surface area contributed by atoms with Crippen molar-refractivity contribution in [2.45, 2.75) is 26.2 Å². The molecule has 2 atom stereocenters. The first-order valence-electron chi connectivity index (χ1n) is 8.08. The zero-order valence-electron chi connectivity index (χ0n) is 12.9. The van der Waals surface area contributed by atoms with E-state index in [9.17, 15) is 9.59 Å². The van der Waals surface area contributed by atoms with Gasteiger partial charge in [-0.3, -0.25) is 14.5 Å². The van der Waals surface area contributed by atoms with Gasteiger partial charge >= 0.3 is 0 Å². The maximum Gasteiger partial charge on any atom is 0.223 e. The molecular formula is C15H27N3O3. The van der Waals surface area contributed by atoms with Gasteiger partial charge in [0.25, 0.3) is 0 Å². The lowest BCUT2D eigenvalue weighted by Gasteiger charge is -2.26. The Bertz CT molecular complexity index is 356. The average molecular weight is 297 g/mol. The number of ether oxygens (including phenoxy) is 1. The van der Waals surface area contributed by atoms with Crippen LogP contribution in [0.1, 0.15) is 26.2 Å². The van der Waals surface area contributed by atoms with Gasteiger partial charge < -0.3 is 15.4 Å². The molecule has 0 aromatic carbocycles. The standard InChI is InChI=1S/C15H27N3O3/c1-2-3-4-16-14(19)12-11-13(12)15(20)17-5-6-18-7-9-21-10-8-18/h12-13H,2-11H2,1H3,(H,16,19)(H,17,20). The SMILES string of the molecule is CCCCNC(=O)C1CC1C(=O)NCCN1CCOCC1. The number of morpholine rings is 1. The van der Waals surface area contributed by atoms with E-state index in [0.717, 1.165) is 52.2 Å². The number of carbonyl (C=O) groups is 2. The summed E-state index contributed by atoms with van der Waals surface area (Å²) in [6.07, 6.45) is 2.76. The molecule has 21 heavy (non-hydrogen) atoms. The minimum Gasteiger partial charge on any atom is -0.379 e. The van der Waals surface area contributed by atoms with E-state index in [-0.39, 0.29) is 23.7 Å². The lowest BCUT2D eigenvalue weighted by Crippen LogP contribution is -2.41. The first-order valence-corrected chi connectivity index (χ1v) is 8.08. The second-order valence-electron chi connectivity index (χ2n) is 5.84. The Labute approximate surface area is 126 Å². The fraction of sp³-hybridized carbons (Fsp3) is 0.867. The van der Waals surface area contributed by atoms with Gasteiger partial charge in [0.05, 0.1) is 25.0 Å². The van der Waals surface area contributed by atoms with E-state index in [1.54, 1.807) is 0 Å². The highest BCUT2D eigenvalue weighted by Crippen LogP contribution is 2.38. The highest BCUT2D eigenvalue weighted by molar-refractivity contribution is 5.92. The van der Waals surface area contributed by atoms with Crippen LogP contribution in [-0.4, -0.2) is 62.7 Å². The van der Waals surface area contributed by atoms with E-state index in [1.165, 1.54) is 0 Å². The summed E-state index contributed by atoms with van der Waals surface area (Å²) >= 11 is 0. The fourth-order valence-corrected chi connectivity index (χ4v) is 2.59. The van der Waals surface area contributed by atoms with E-state index >= 15 is 0 Å². The summed E-state index contributed by atoms with van der Waals surface area (Å²) in [4.78, 5) is 26.0. The summed E-state index contributed by atoms with van der Waals surface area (Å²) in [5.74, 6) is -0.155. The minimum atomic E-state index is -0.115. The van der Waals surface area contributed by atoms with Gasteiger partial charge in [-0.25, -0.2) is 0 Å². The second kappa shape index (κ2) is 8.34. The molecule has 120 valence electrons. The third kappa shape index (κ3) is 5.28. The zero-order chi connectivity index (χ0) is 15.1. The van der Waals surface area contributed by atoms with Crippen molar-refractivity contribution in [3.63, 3.8) is 0 Å². The molecular weight excluding hydrogens is 270 g/mol. The summed E-state index contributed by atoms with van der Waals surface area (Å²) in [7, 11) is 0. The van der Waals surface area contributed by atoms with Crippen LogP contribution in [0.15, 0.2) is 0 Å². The third-order valence-electron chi connectivity index (χ3n) is 4.12. The van der Waals surface area contributed by atoms with Crippen molar-refractivity contribution in [3.05, 3.63) is 0 Å². The van der Waals surface area contributed by atoms with Crippen LogP contribution in [-0.2, 0) is 14.3 Å². The van der Waals surface area contributed by atoms with Crippen molar-refractivity contribution in [1.29, 1.82) is 0 Å². The van der Waals surface area contributed by atoms with Crippen LogP contribution >= 0.6 is 0 Å². The van der Waals surface area contributed by atoms with Crippen LogP contribution in [0.5, 0.6) is 0 Å². The average Bonchev–Trinajstić information content (AvgIpc) is 3.29. The van der Waals surface area contributed by atoms with Gasteiger partial charge in [-0.05, 0) is 12.8 Å². The highest BCUT2D eigenvalue weighted by Gasteiger charge is 2.47. The molecule has 1 saturated carbocycles. The number of hydrogen-bond acceptors (Lipinski definition) is 4. The molecule has 6 heteroatoms. The van der Waals surface area contributed by atoms with Crippen LogP contribution in [0.3, 0.4) is 0 Å². The number of amides is 2. The van der Waals surface area contributed by atoms with Gasteiger partial charge in [0, 0.05) is 32.7 Å². The molecule has 1 saturated heterocycles. The molecule has 2 unspecified atom stereocenters. The largest absolute Gasteiger partial charge is 0.379 e. The summed E-state index contributed by atoms with van der Waals surface area (Å²) in [6, 6.07) is 0. The predicted octanol–water partition coefficient (Wildman–Crippen LogP) is -0.0128. The van der Waals surface area contributed by atoms with E-state index in [1.807, 2.05) is 0 Å². The van der Waals surface area contributed by atoms with Crippen molar-refractivity contribution in [1.82, 2.24) is 15.5 Å². The molecule has 1 aliphatic heterocycles. The highest BCUT2D eigenvalue weighted by atomic mass is 16.5. The molecule has 2 rings (SSSR count). The lowest BCUT2D eigenvalue weighted by molar-refractivity contribution is -0.127. The monoisotopic (exact) mass is 297 g/mol. The Morgan fingerprint density at radius 2 is 1.71 bits per heavy atom. The second-order valence-corrected chi connectivity index (χ2v) is 5.84. The topological polar surface area (TPSA) is 70.7 Å². The Balaban J connectivity index is 1.56. The van der Waals surface area contributed by atoms with Gasteiger partial charge in [0.1, 0.15) is 0 Å². The Morgan fingerprint density at radius 1 is 1.10 bits per heavy atom. The lowest BCUT2D eigenvalue weighted by atomic mass is 10.2. The molecule has 0 aromatic heterocycles. The molecule has 2 fully saturated rings. The molecule has 2 aliphatic rings. The van der Waals surface area contributed by atoms with Crippen LogP contribution in [0.2, 0.25) is 0 Å². The smallest absolute Gasteiger partial charge is 0.223 e. The molecule has 0 radical (unpaired) electrons. The van der Waals surface area contributed by atoms with Crippen LogP contribution in [0.25, 0.3) is 0 Å². The number of nitrogens with one attached hydrogen (secondary N) is 2. The third-order valence-corrected chi connectivity index (χ3v) is 4.12. The van der Waals surface area contributed by atoms with Crippen LogP contribution in [0.4, 0.5) is 0 Å². The molecule has 6 nitrogen and oxygen atoms in total. The quantitative estimate of drug-likeness (QED) is 0.618. The summed E-state index contributed by atoms with van der Waals surface area (Å²) < 4.78 is 5.28. The first kappa shape index (κ1) is 16.2. The minimum absolute atomic E-state index is 0.0268. The Hall–Kier alpha value is -1.14. The molecule has 1 aliphatic carbocycles. The normalized spacial score (nSPS) is 25.4. The van der Waals surface area contributed by atoms with Crippen LogP contribution in [0, 0.1) is 11.8 Å². The van der Waals surface area contributed by atoms with Gasteiger partial charge in [-0.2, -0.15) is 0 Å². The number of nitrogens with zero attached hydrogens (tertiary/aromatic N) is 1. The van der Waals surface area contributed by atoms with E-state index in [2.05, 4.69) is 22.5 Å². The molecule has 1 heterocycles. The summed E-state index contributed by atoms with van der Waals surface area (Å²) in [5.41, 5.74) is 0. The molecule has 2 N–H and O–H groups in total. The maximum atomic E-state index is 12.0. The van der Waals surface area contributed by atoms with Crippen molar-refractivity contribution < 1.29 is 14.3 Å². The Morgan fingerprint density at radius 3 is 2.33 bits per heavy atom. The Kier molecular flexibility index (Phi) is 6.45. The predicted molar refractivity (Wildman–Crippen MR) is 79.8 cm³/mol. The summed E-state index contributed by atoms with van der Waals surface area (Å²) in [5, 5.41) is 5.84. The molecule has 2 amide bonds. The number of hydrogen-bond donors (Lipinski definition) is 2. The number of carbonyl (C=O) groups excluding carboxylic acids is 2. The number of unbranched alkanes of at least 4 members (excludes halogenated alkanes) is 1. The molecule has 0 bridgehead atoms. The van der Waals surface area contributed by atoms with Gasteiger partial charge in [-0.1, -0.05) is 13.3 Å². The van der Waals surface area contributed by atoms with Gasteiger partial charge in [-0.15, -0.1) is 0 Å². The molecule has 0 aromatic rings. The van der Waals surface area contributed by atoms with E-state index in [4.69, 9.17) is 4.74 Å². The maximum absolute atomic E-state index is 12.0. The van der Waals surface area contributed by atoms with Crippen molar-refractivity contribution in [3.8, 4) is 0 Å². The van der Waals surface area contributed by atoms with Gasteiger partial charge in [0.15, 0.2) is 0 Å². The van der Waals surface area contributed by atoms with Crippen molar-refractivity contribution >= 4 is 11.8 Å². The van der Waals surface area contributed by atoms with Crippen LogP contribution < -0.4 is 10.6 Å².